The third-order valence-electron chi connectivity index (χ3n) is 4.21. The third kappa shape index (κ3) is 2.90. The number of hydrogen-bond donors (Lipinski definition) is 0. The van der Waals surface area contributed by atoms with Gasteiger partial charge in [-0.3, -0.25) is 19.7 Å². The topological polar surface area (TPSA) is 80.5 Å². The molecule has 0 bridgehead atoms. The highest BCUT2D eigenvalue weighted by atomic mass is 16.6. The van der Waals surface area contributed by atoms with Gasteiger partial charge >= 0.3 is 0 Å². The van der Waals surface area contributed by atoms with Crippen molar-refractivity contribution < 1.29 is 14.5 Å². The summed E-state index contributed by atoms with van der Waals surface area (Å²) in [6.45, 7) is 2.03. The Morgan fingerprint density at radius 2 is 1.96 bits per heavy atom. The molecule has 0 N–H and O–H groups in total. The van der Waals surface area contributed by atoms with Gasteiger partial charge in [0, 0.05) is 29.4 Å². The predicted molar refractivity (Wildman–Crippen MR) is 89.3 cm³/mol. The number of carbonyl (C=O) groups is 2. The number of ketones is 1. The Bertz CT molecular complexity index is 845. The number of benzene rings is 2. The van der Waals surface area contributed by atoms with Crippen molar-refractivity contribution in [3.63, 3.8) is 0 Å². The molecular formula is C18H16N2O4. The number of rotatable bonds is 4. The zero-order valence-electron chi connectivity index (χ0n) is 13.2. The fourth-order valence-electron chi connectivity index (χ4n) is 2.98. The Balaban J connectivity index is 1.84. The van der Waals surface area contributed by atoms with Gasteiger partial charge in [0.1, 0.15) is 0 Å². The molecule has 0 aliphatic carbocycles. The molecule has 3 rings (SSSR count). The highest BCUT2D eigenvalue weighted by Crippen LogP contribution is 2.30. The number of nitro benzene ring substituents is 1. The molecule has 122 valence electrons. The molecule has 1 amide bonds. The van der Waals surface area contributed by atoms with Crippen molar-refractivity contribution in [3.8, 4) is 0 Å². The smallest absolute Gasteiger partial charge is 0.273 e. The molecule has 24 heavy (non-hydrogen) atoms. The van der Waals surface area contributed by atoms with Crippen molar-refractivity contribution in [2.24, 2.45) is 0 Å². The summed E-state index contributed by atoms with van der Waals surface area (Å²) in [6.07, 6.45) is 0.657. The molecule has 2 aromatic rings. The molecule has 0 aromatic heterocycles. The number of nitrogens with zero attached hydrogens (tertiary/aromatic N) is 2. The van der Waals surface area contributed by atoms with Crippen LogP contribution in [0, 0.1) is 10.1 Å². The lowest BCUT2D eigenvalue weighted by molar-refractivity contribution is -0.385. The molecule has 0 spiro atoms. The van der Waals surface area contributed by atoms with Gasteiger partial charge in [0.2, 0.25) is 5.91 Å². The van der Waals surface area contributed by atoms with Crippen LogP contribution in [0.25, 0.3) is 0 Å². The zero-order valence-corrected chi connectivity index (χ0v) is 13.2. The second-order valence-electron chi connectivity index (χ2n) is 5.76. The molecule has 1 heterocycles. The van der Waals surface area contributed by atoms with E-state index in [0.29, 0.717) is 24.1 Å². The maximum Gasteiger partial charge on any atom is 0.273 e. The van der Waals surface area contributed by atoms with Crippen LogP contribution in [0.3, 0.4) is 0 Å². The van der Waals surface area contributed by atoms with Crippen LogP contribution in [0.15, 0.2) is 42.5 Å². The van der Waals surface area contributed by atoms with Gasteiger partial charge in [-0.1, -0.05) is 18.2 Å². The van der Waals surface area contributed by atoms with Crippen molar-refractivity contribution in [2.45, 2.75) is 19.8 Å². The van der Waals surface area contributed by atoms with Gasteiger partial charge in [-0.05, 0) is 37.1 Å². The van der Waals surface area contributed by atoms with Gasteiger partial charge in [0.25, 0.3) is 5.69 Å². The SMILES string of the molecule is CC(=O)c1ccc2c(c1)CCN2C(=O)Cc1ccccc1[N+](=O)[O-]. The van der Waals surface area contributed by atoms with Crippen molar-refractivity contribution in [1.29, 1.82) is 0 Å². The monoisotopic (exact) mass is 324 g/mol. The summed E-state index contributed by atoms with van der Waals surface area (Å²) in [5, 5.41) is 11.1. The molecule has 0 saturated carbocycles. The summed E-state index contributed by atoms with van der Waals surface area (Å²) in [5.41, 5.74) is 2.72. The summed E-state index contributed by atoms with van der Waals surface area (Å²) in [5.74, 6) is -0.193. The quantitative estimate of drug-likeness (QED) is 0.492. The Morgan fingerprint density at radius 1 is 1.21 bits per heavy atom. The number of carbonyl (C=O) groups excluding carboxylic acids is 2. The molecule has 1 aliphatic rings. The molecule has 6 nitrogen and oxygen atoms in total. The number of Topliss-reactive ketones (excluding diaryl/α,β-unsaturated/α-hetero) is 1. The van der Waals surface area contributed by atoms with E-state index in [1.54, 1.807) is 35.2 Å². The van der Waals surface area contributed by atoms with E-state index in [-0.39, 0.29) is 23.8 Å². The summed E-state index contributed by atoms with van der Waals surface area (Å²) in [6, 6.07) is 11.6. The zero-order chi connectivity index (χ0) is 17.3. The second kappa shape index (κ2) is 6.23. The lowest BCUT2D eigenvalue weighted by Crippen LogP contribution is -2.30. The Hall–Kier alpha value is -3.02. The number of nitro groups is 1. The van der Waals surface area contributed by atoms with Crippen molar-refractivity contribution in [1.82, 2.24) is 0 Å². The van der Waals surface area contributed by atoms with Crippen LogP contribution >= 0.6 is 0 Å². The van der Waals surface area contributed by atoms with Crippen LogP contribution in [-0.2, 0) is 17.6 Å². The van der Waals surface area contributed by atoms with E-state index in [9.17, 15) is 19.7 Å². The van der Waals surface area contributed by atoms with Gasteiger partial charge in [0.05, 0.1) is 11.3 Å². The summed E-state index contributed by atoms with van der Waals surface area (Å²) >= 11 is 0. The van der Waals surface area contributed by atoms with Gasteiger partial charge in [-0.2, -0.15) is 0 Å². The molecule has 0 fully saturated rings. The summed E-state index contributed by atoms with van der Waals surface area (Å²) in [7, 11) is 0. The number of hydrogen-bond acceptors (Lipinski definition) is 4. The fraction of sp³-hybridized carbons (Fsp3) is 0.222. The molecular weight excluding hydrogens is 308 g/mol. The van der Waals surface area contributed by atoms with Crippen LogP contribution in [0.1, 0.15) is 28.4 Å². The van der Waals surface area contributed by atoms with E-state index < -0.39 is 4.92 Å². The maximum absolute atomic E-state index is 12.6. The largest absolute Gasteiger partial charge is 0.312 e. The van der Waals surface area contributed by atoms with E-state index >= 15 is 0 Å². The molecule has 2 aromatic carbocycles. The highest BCUT2D eigenvalue weighted by molar-refractivity contribution is 5.99. The molecule has 0 radical (unpaired) electrons. The van der Waals surface area contributed by atoms with E-state index in [0.717, 1.165) is 11.3 Å². The van der Waals surface area contributed by atoms with Crippen LogP contribution in [-0.4, -0.2) is 23.2 Å². The number of amides is 1. The lowest BCUT2D eigenvalue weighted by atomic mass is 10.1. The minimum absolute atomic E-state index is 0.0116. The number of anilines is 1. The molecule has 6 heteroatoms. The Labute approximate surface area is 138 Å². The number of para-hydroxylation sites is 1. The minimum Gasteiger partial charge on any atom is -0.312 e. The predicted octanol–water partition coefficient (Wildman–Crippen LogP) is 2.93. The van der Waals surface area contributed by atoms with E-state index in [2.05, 4.69) is 0 Å². The highest BCUT2D eigenvalue weighted by Gasteiger charge is 2.26. The average molecular weight is 324 g/mol. The summed E-state index contributed by atoms with van der Waals surface area (Å²) < 4.78 is 0. The molecule has 0 unspecified atom stereocenters. The lowest BCUT2D eigenvalue weighted by Gasteiger charge is -2.17. The van der Waals surface area contributed by atoms with E-state index in [1.807, 2.05) is 6.07 Å². The fourth-order valence-corrected chi connectivity index (χ4v) is 2.98. The summed E-state index contributed by atoms with van der Waals surface area (Å²) in [4.78, 5) is 36.3. The standard InChI is InChI=1S/C18H16N2O4/c1-12(21)13-6-7-16-15(10-13)8-9-19(16)18(22)11-14-4-2-3-5-17(14)20(23)24/h2-7,10H,8-9,11H2,1H3. The van der Waals surface area contributed by atoms with Gasteiger partial charge in [0.15, 0.2) is 5.78 Å². The Kier molecular flexibility index (Phi) is 4.12. The van der Waals surface area contributed by atoms with Gasteiger partial charge in [-0.15, -0.1) is 0 Å². The van der Waals surface area contributed by atoms with Crippen molar-refractivity contribution in [2.75, 3.05) is 11.4 Å². The van der Waals surface area contributed by atoms with Gasteiger partial charge in [-0.25, -0.2) is 0 Å². The number of fused-ring (bicyclic) bond motifs is 1. The average Bonchev–Trinajstić information content (AvgIpc) is 2.98. The first kappa shape index (κ1) is 15.9. The van der Waals surface area contributed by atoms with E-state index in [4.69, 9.17) is 0 Å². The van der Waals surface area contributed by atoms with Crippen molar-refractivity contribution in [3.05, 3.63) is 69.3 Å². The van der Waals surface area contributed by atoms with Crippen LogP contribution < -0.4 is 4.90 Å². The maximum atomic E-state index is 12.6. The normalized spacial score (nSPS) is 12.8. The molecule has 0 saturated heterocycles. The van der Waals surface area contributed by atoms with Crippen molar-refractivity contribution >= 4 is 23.1 Å². The third-order valence-corrected chi connectivity index (χ3v) is 4.21. The molecule has 0 atom stereocenters. The first-order chi connectivity index (χ1) is 11.5. The minimum atomic E-state index is -0.473. The van der Waals surface area contributed by atoms with E-state index in [1.165, 1.54) is 13.0 Å². The van der Waals surface area contributed by atoms with Crippen LogP contribution in [0.5, 0.6) is 0 Å². The first-order valence-electron chi connectivity index (χ1n) is 7.64. The molecule has 1 aliphatic heterocycles. The van der Waals surface area contributed by atoms with Crippen LogP contribution in [0.4, 0.5) is 11.4 Å². The first-order valence-corrected chi connectivity index (χ1v) is 7.64. The van der Waals surface area contributed by atoms with Gasteiger partial charge < -0.3 is 4.90 Å². The second-order valence-corrected chi connectivity index (χ2v) is 5.76. The Morgan fingerprint density at radius 3 is 2.67 bits per heavy atom. The van der Waals surface area contributed by atoms with Crippen LogP contribution in [0.2, 0.25) is 0 Å².